The maximum absolute atomic E-state index is 12.3. The van der Waals surface area contributed by atoms with Crippen molar-refractivity contribution < 1.29 is 18.3 Å². The van der Waals surface area contributed by atoms with Gasteiger partial charge in [-0.2, -0.15) is 0 Å². The number of hydrogen-bond acceptors (Lipinski definition) is 5. The maximum Gasteiger partial charge on any atom is 0.262 e. The largest absolute Gasteiger partial charge is 0.506 e. The number of phenolic OH excluding ortho intramolecular Hbond substituents is 1. The van der Waals surface area contributed by atoms with Gasteiger partial charge in [-0.3, -0.25) is 4.72 Å². The number of methoxy groups -OCH3 is 1. The summed E-state index contributed by atoms with van der Waals surface area (Å²) in [5.74, 6) is 0.248. The quantitative estimate of drug-likeness (QED) is 0.593. The fourth-order valence-corrected chi connectivity index (χ4v) is 2.90. The van der Waals surface area contributed by atoms with Crippen molar-refractivity contribution in [3.05, 3.63) is 42.0 Å². The fourth-order valence-electron chi connectivity index (χ4n) is 1.81. The zero-order valence-electron chi connectivity index (χ0n) is 11.6. The summed E-state index contributed by atoms with van der Waals surface area (Å²) < 4.78 is 32.3. The van der Waals surface area contributed by atoms with Crippen molar-refractivity contribution in [1.82, 2.24) is 0 Å². The maximum atomic E-state index is 12.3. The van der Waals surface area contributed by atoms with E-state index >= 15 is 0 Å². The lowest BCUT2D eigenvalue weighted by Gasteiger charge is -2.13. The lowest BCUT2D eigenvalue weighted by molar-refractivity contribution is 0.417. The predicted molar refractivity (Wildman–Crippen MR) is 81.1 cm³/mol. The summed E-state index contributed by atoms with van der Waals surface area (Å²) in [5.41, 5.74) is 6.74. The van der Waals surface area contributed by atoms with Crippen molar-refractivity contribution in [1.29, 1.82) is 0 Å². The van der Waals surface area contributed by atoms with E-state index < -0.39 is 10.0 Å². The van der Waals surface area contributed by atoms with Crippen LogP contribution < -0.4 is 15.2 Å². The third-order valence-electron chi connectivity index (χ3n) is 2.91. The molecule has 0 bridgehead atoms. The third-order valence-corrected chi connectivity index (χ3v) is 4.27. The van der Waals surface area contributed by atoms with Gasteiger partial charge in [0.15, 0.2) is 0 Å². The molecule has 0 aliphatic carbocycles. The van der Waals surface area contributed by atoms with Gasteiger partial charge < -0.3 is 15.6 Å². The van der Waals surface area contributed by atoms with Gasteiger partial charge >= 0.3 is 0 Å². The molecule has 0 aromatic heterocycles. The van der Waals surface area contributed by atoms with Gasteiger partial charge in [0.25, 0.3) is 10.0 Å². The second-order valence-corrected chi connectivity index (χ2v) is 6.21. The third kappa shape index (κ3) is 3.19. The Labute approximate surface area is 123 Å². The van der Waals surface area contributed by atoms with Crippen LogP contribution in [0.25, 0.3) is 0 Å². The number of anilines is 2. The van der Waals surface area contributed by atoms with Gasteiger partial charge in [-0.25, -0.2) is 8.42 Å². The molecule has 7 heteroatoms. The van der Waals surface area contributed by atoms with E-state index in [9.17, 15) is 13.5 Å². The second-order valence-electron chi connectivity index (χ2n) is 4.53. The van der Waals surface area contributed by atoms with E-state index in [1.165, 1.54) is 25.3 Å². The number of phenols is 1. The van der Waals surface area contributed by atoms with E-state index in [0.29, 0.717) is 11.4 Å². The van der Waals surface area contributed by atoms with Crippen LogP contribution in [-0.2, 0) is 10.0 Å². The summed E-state index contributed by atoms with van der Waals surface area (Å²) >= 11 is 0. The van der Waals surface area contributed by atoms with Gasteiger partial charge in [0.2, 0.25) is 0 Å². The zero-order chi connectivity index (χ0) is 15.6. The normalized spacial score (nSPS) is 11.1. The molecular weight excluding hydrogens is 292 g/mol. The molecule has 6 nitrogen and oxygen atoms in total. The highest BCUT2D eigenvalue weighted by atomic mass is 32.2. The van der Waals surface area contributed by atoms with Crippen molar-refractivity contribution in [2.45, 2.75) is 11.8 Å². The summed E-state index contributed by atoms with van der Waals surface area (Å²) in [6, 6.07) is 8.86. The molecule has 0 unspecified atom stereocenters. The summed E-state index contributed by atoms with van der Waals surface area (Å²) in [5, 5.41) is 9.36. The SMILES string of the molecule is COc1ccc(C)cc1NS(=O)(=O)c1ccc(O)c(N)c1. The molecule has 0 saturated carbocycles. The topological polar surface area (TPSA) is 102 Å². The van der Waals surface area contributed by atoms with E-state index in [2.05, 4.69) is 4.72 Å². The van der Waals surface area contributed by atoms with Crippen LogP contribution in [0.15, 0.2) is 41.3 Å². The average molecular weight is 308 g/mol. The minimum atomic E-state index is -3.82. The highest BCUT2D eigenvalue weighted by Crippen LogP contribution is 2.29. The molecule has 0 fully saturated rings. The summed E-state index contributed by atoms with van der Waals surface area (Å²) in [6.45, 7) is 1.84. The van der Waals surface area contributed by atoms with Crippen LogP contribution in [0.1, 0.15) is 5.56 Å². The smallest absolute Gasteiger partial charge is 0.262 e. The van der Waals surface area contributed by atoms with Gasteiger partial charge in [-0.15, -0.1) is 0 Å². The van der Waals surface area contributed by atoms with Gasteiger partial charge in [-0.1, -0.05) is 6.07 Å². The Morgan fingerprint density at radius 2 is 1.90 bits per heavy atom. The fraction of sp³-hybridized carbons (Fsp3) is 0.143. The summed E-state index contributed by atoms with van der Waals surface area (Å²) in [4.78, 5) is -0.0404. The minimum Gasteiger partial charge on any atom is -0.506 e. The molecule has 0 amide bonds. The molecule has 0 saturated heterocycles. The Morgan fingerprint density at radius 3 is 2.52 bits per heavy atom. The molecule has 0 radical (unpaired) electrons. The molecule has 0 aliphatic rings. The van der Waals surface area contributed by atoms with E-state index in [4.69, 9.17) is 10.5 Å². The Bertz CT molecular complexity index is 773. The number of rotatable bonds is 4. The molecule has 0 aliphatic heterocycles. The molecule has 0 heterocycles. The first-order chi connectivity index (χ1) is 9.83. The monoisotopic (exact) mass is 308 g/mol. The number of ether oxygens (including phenoxy) is 1. The van der Waals surface area contributed by atoms with Gasteiger partial charge in [0.05, 0.1) is 23.4 Å². The zero-order valence-corrected chi connectivity index (χ0v) is 12.4. The summed E-state index contributed by atoms with van der Waals surface area (Å²) in [6.07, 6.45) is 0. The van der Waals surface area contributed by atoms with Crippen molar-refractivity contribution in [2.24, 2.45) is 0 Å². The van der Waals surface area contributed by atoms with Crippen LogP contribution in [0.5, 0.6) is 11.5 Å². The number of sulfonamides is 1. The number of aryl methyl sites for hydroxylation is 1. The molecule has 4 N–H and O–H groups in total. The number of nitrogens with two attached hydrogens (primary N) is 1. The van der Waals surface area contributed by atoms with Crippen LogP contribution in [0.4, 0.5) is 11.4 Å². The van der Waals surface area contributed by atoms with Crippen molar-refractivity contribution in [2.75, 3.05) is 17.6 Å². The summed E-state index contributed by atoms with van der Waals surface area (Å²) in [7, 11) is -2.36. The Balaban J connectivity index is 2.41. The first kappa shape index (κ1) is 15.0. The highest BCUT2D eigenvalue weighted by molar-refractivity contribution is 7.92. The first-order valence-corrected chi connectivity index (χ1v) is 7.58. The average Bonchev–Trinajstić information content (AvgIpc) is 2.41. The minimum absolute atomic E-state index is 0.00548. The van der Waals surface area contributed by atoms with Crippen molar-refractivity contribution in [3.63, 3.8) is 0 Å². The van der Waals surface area contributed by atoms with Crippen LogP contribution in [-0.4, -0.2) is 20.6 Å². The van der Waals surface area contributed by atoms with Crippen molar-refractivity contribution >= 4 is 21.4 Å². The van der Waals surface area contributed by atoms with Crippen LogP contribution in [0, 0.1) is 6.92 Å². The van der Waals surface area contributed by atoms with Crippen LogP contribution in [0.2, 0.25) is 0 Å². The predicted octanol–water partition coefficient (Wildman–Crippen LogP) is 2.09. The molecule has 2 rings (SSSR count). The lowest BCUT2D eigenvalue weighted by atomic mass is 10.2. The number of nitrogen functional groups attached to an aromatic ring is 1. The number of benzene rings is 2. The van der Waals surface area contributed by atoms with Gasteiger partial charge in [-0.05, 0) is 42.8 Å². The number of hydrogen-bond donors (Lipinski definition) is 3. The van der Waals surface area contributed by atoms with Crippen LogP contribution >= 0.6 is 0 Å². The highest BCUT2D eigenvalue weighted by Gasteiger charge is 2.17. The number of nitrogens with one attached hydrogen (secondary N) is 1. The first-order valence-electron chi connectivity index (χ1n) is 6.09. The standard InChI is InChI=1S/C14H16N2O4S/c1-9-3-6-14(20-2)12(7-9)16-21(18,19)10-4-5-13(17)11(15)8-10/h3-8,16-17H,15H2,1-2H3. The Morgan fingerprint density at radius 1 is 1.19 bits per heavy atom. The van der Waals surface area contributed by atoms with Crippen molar-refractivity contribution in [3.8, 4) is 11.5 Å². The molecule has 2 aromatic carbocycles. The lowest BCUT2D eigenvalue weighted by Crippen LogP contribution is -2.14. The molecular formula is C14H16N2O4S. The molecule has 0 atom stereocenters. The number of aromatic hydroxyl groups is 1. The van der Waals surface area contributed by atoms with E-state index in [0.717, 1.165) is 5.56 Å². The Kier molecular flexibility index (Phi) is 3.95. The Hall–Kier alpha value is -2.41. The molecule has 21 heavy (non-hydrogen) atoms. The molecule has 112 valence electrons. The second kappa shape index (κ2) is 5.53. The van der Waals surface area contributed by atoms with Crippen LogP contribution in [0.3, 0.4) is 0 Å². The van der Waals surface area contributed by atoms with E-state index in [-0.39, 0.29) is 16.3 Å². The van der Waals surface area contributed by atoms with Gasteiger partial charge in [0.1, 0.15) is 11.5 Å². The van der Waals surface area contributed by atoms with E-state index in [1.807, 2.05) is 13.0 Å². The molecule has 2 aromatic rings. The van der Waals surface area contributed by atoms with E-state index in [1.54, 1.807) is 12.1 Å². The van der Waals surface area contributed by atoms with Gasteiger partial charge in [0, 0.05) is 0 Å². The molecule has 0 spiro atoms.